The SMILES string of the molecule is CCCOc1cccc(N2C(=O)C(Nc3ccc(C(C)(C)C)cc3)=C(c3cccs3)C2=O)c1. The molecule has 170 valence electrons. The third-order valence-electron chi connectivity index (χ3n) is 5.42. The molecule has 2 amide bonds. The zero-order valence-corrected chi connectivity index (χ0v) is 20.2. The Morgan fingerprint density at radius 1 is 0.970 bits per heavy atom. The number of nitrogens with zero attached hydrogens (tertiary/aromatic N) is 1. The van der Waals surface area contributed by atoms with Crippen LogP contribution in [0.5, 0.6) is 5.75 Å². The maximum absolute atomic E-state index is 13.5. The summed E-state index contributed by atoms with van der Waals surface area (Å²) in [7, 11) is 0. The van der Waals surface area contributed by atoms with Crippen LogP contribution >= 0.6 is 11.3 Å². The minimum Gasteiger partial charge on any atom is -0.494 e. The van der Waals surface area contributed by atoms with Crippen LogP contribution in [0.25, 0.3) is 5.57 Å². The van der Waals surface area contributed by atoms with E-state index in [1.54, 1.807) is 18.2 Å². The molecule has 0 aliphatic carbocycles. The van der Waals surface area contributed by atoms with Gasteiger partial charge in [-0.2, -0.15) is 0 Å². The van der Waals surface area contributed by atoms with Gasteiger partial charge in [-0.15, -0.1) is 11.3 Å². The number of anilines is 2. The van der Waals surface area contributed by atoms with Gasteiger partial charge in [-0.1, -0.05) is 52.0 Å². The van der Waals surface area contributed by atoms with Crippen LogP contribution in [-0.4, -0.2) is 18.4 Å². The second kappa shape index (κ2) is 9.24. The summed E-state index contributed by atoms with van der Waals surface area (Å²) in [6.07, 6.45) is 0.873. The Morgan fingerprint density at radius 2 is 1.73 bits per heavy atom. The number of amides is 2. The molecule has 0 saturated carbocycles. The molecule has 1 N–H and O–H groups in total. The van der Waals surface area contributed by atoms with Crippen molar-refractivity contribution in [3.05, 3.63) is 82.2 Å². The number of nitrogens with one attached hydrogen (secondary N) is 1. The number of hydrogen-bond donors (Lipinski definition) is 1. The second-order valence-corrected chi connectivity index (χ2v) is 9.92. The average molecular weight is 461 g/mol. The van der Waals surface area contributed by atoms with Crippen molar-refractivity contribution in [1.82, 2.24) is 0 Å². The number of thiophene rings is 1. The van der Waals surface area contributed by atoms with Gasteiger partial charge in [0.1, 0.15) is 11.4 Å². The minimum atomic E-state index is -0.379. The Hall–Kier alpha value is -3.38. The molecular formula is C27H28N2O3S. The van der Waals surface area contributed by atoms with Crippen molar-refractivity contribution in [2.75, 3.05) is 16.8 Å². The Bertz CT molecular complexity index is 1190. The van der Waals surface area contributed by atoms with E-state index in [1.807, 2.05) is 54.8 Å². The highest BCUT2D eigenvalue weighted by Gasteiger charge is 2.40. The van der Waals surface area contributed by atoms with E-state index in [9.17, 15) is 9.59 Å². The zero-order valence-electron chi connectivity index (χ0n) is 19.3. The molecule has 0 fully saturated rings. The van der Waals surface area contributed by atoms with Crippen LogP contribution < -0.4 is 15.0 Å². The predicted molar refractivity (Wildman–Crippen MR) is 135 cm³/mol. The quantitative estimate of drug-likeness (QED) is 0.425. The lowest BCUT2D eigenvalue weighted by Gasteiger charge is -2.19. The second-order valence-electron chi connectivity index (χ2n) is 8.97. The zero-order chi connectivity index (χ0) is 23.6. The lowest BCUT2D eigenvalue weighted by molar-refractivity contribution is -0.120. The molecule has 0 unspecified atom stereocenters. The molecule has 2 heterocycles. The highest BCUT2D eigenvalue weighted by atomic mass is 32.1. The first kappa shape index (κ1) is 22.8. The fourth-order valence-electron chi connectivity index (χ4n) is 3.66. The Labute approximate surface area is 198 Å². The van der Waals surface area contributed by atoms with Crippen LogP contribution in [0.2, 0.25) is 0 Å². The molecule has 0 bridgehead atoms. The summed E-state index contributed by atoms with van der Waals surface area (Å²) in [4.78, 5) is 29.0. The molecule has 4 rings (SSSR count). The fraction of sp³-hybridized carbons (Fsp3) is 0.259. The standard InChI is InChI=1S/C27H28N2O3S/c1-5-15-32-21-9-6-8-20(17-21)29-25(30)23(22-10-7-16-33-22)24(26(29)31)28-19-13-11-18(12-14-19)27(2,3)4/h6-14,16-17,28H,5,15H2,1-4H3. The first-order chi connectivity index (χ1) is 15.8. The van der Waals surface area contributed by atoms with Crippen molar-refractivity contribution >= 4 is 40.1 Å². The van der Waals surface area contributed by atoms with Crippen molar-refractivity contribution in [2.45, 2.75) is 39.5 Å². The van der Waals surface area contributed by atoms with Gasteiger partial charge in [0.25, 0.3) is 11.8 Å². The van der Waals surface area contributed by atoms with Crippen molar-refractivity contribution in [2.24, 2.45) is 0 Å². The summed E-state index contributed by atoms with van der Waals surface area (Å²) in [5.41, 5.74) is 3.14. The molecule has 0 saturated heterocycles. The number of ether oxygens (including phenoxy) is 1. The van der Waals surface area contributed by atoms with Gasteiger partial charge in [0.15, 0.2) is 0 Å². The fourth-order valence-corrected chi connectivity index (χ4v) is 4.43. The molecule has 1 aliphatic heterocycles. The molecule has 0 atom stereocenters. The lowest BCUT2D eigenvalue weighted by atomic mass is 9.87. The molecule has 0 radical (unpaired) electrons. The largest absolute Gasteiger partial charge is 0.494 e. The maximum Gasteiger partial charge on any atom is 0.282 e. The Morgan fingerprint density at radius 3 is 2.36 bits per heavy atom. The van der Waals surface area contributed by atoms with Gasteiger partial charge in [0.2, 0.25) is 0 Å². The van der Waals surface area contributed by atoms with Crippen LogP contribution in [0.3, 0.4) is 0 Å². The first-order valence-electron chi connectivity index (χ1n) is 11.1. The smallest absolute Gasteiger partial charge is 0.282 e. The van der Waals surface area contributed by atoms with Crippen molar-refractivity contribution in [3.63, 3.8) is 0 Å². The van der Waals surface area contributed by atoms with Gasteiger partial charge in [-0.05, 0) is 53.1 Å². The molecule has 2 aromatic carbocycles. The molecule has 6 heteroatoms. The van der Waals surface area contributed by atoms with E-state index in [0.29, 0.717) is 23.6 Å². The van der Waals surface area contributed by atoms with E-state index in [0.717, 1.165) is 17.0 Å². The Kier molecular flexibility index (Phi) is 6.38. The summed E-state index contributed by atoms with van der Waals surface area (Å²) in [5, 5.41) is 5.13. The van der Waals surface area contributed by atoms with Crippen molar-refractivity contribution < 1.29 is 14.3 Å². The number of benzene rings is 2. The van der Waals surface area contributed by atoms with Gasteiger partial charge >= 0.3 is 0 Å². The molecule has 33 heavy (non-hydrogen) atoms. The van der Waals surface area contributed by atoms with Gasteiger partial charge in [-0.25, -0.2) is 4.90 Å². The van der Waals surface area contributed by atoms with E-state index < -0.39 is 0 Å². The van der Waals surface area contributed by atoms with E-state index in [1.165, 1.54) is 21.8 Å². The van der Waals surface area contributed by atoms with Crippen LogP contribution in [0, 0.1) is 0 Å². The van der Waals surface area contributed by atoms with E-state index in [2.05, 4.69) is 26.1 Å². The first-order valence-corrected chi connectivity index (χ1v) is 11.9. The monoisotopic (exact) mass is 460 g/mol. The summed E-state index contributed by atoms with van der Waals surface area (Å²) in [5.74, 6) is -0.0911. The van der Waals surface area contributed by atoms with Gasteiger partial charge < -0.3 is 10.1 Å². The Balaban J connectivity index is 1.70. The normalized spacial score (nSPS) is 14.2. The van der Waals surface area contributed by atoms with Gasteiger partial charge in [0.05, 0.1) is 17.9 Å². The summed E-state index contributed by atoms with van der Waals surface area (Å²) >= 11 is 1.44. The lowest BCUT2D eigenvalue weighted by Crippen LogP contribution is -2.32. The summed E-state index contributed by atoms with van der Waals surface area (Å²) in [6, 6.07) is 18.8. The number of hydrogen-bond acceptors (Lipinski definition) is 5. The summed E-state index contributed by atoms with van der Waals surface area (Å²) in [6.45, 7) is 9.06. The summed E-state index contributed by atoms with van der Waals surface area (Å²) < 4.78 is 5.71. The minimum absolute atomic E-state index is 0.0285. The topological polar surface area (TPSA) is 58.6 Å². The van der Waals surface area contributed by atoms with Crippen molar-refractivity contribution in [3.8, 4) is 5.75 Å². The third kappa shape index (κ3) is 4.71. The van der Waals surface area contributed by atoms with Crippen LogP contribution in [-0.2, 0) is 15.0 Å². The molecule has 5 nitrogen and oxygen atoms in total. The highest BCUT2D eigenvalue weighted by molar-refractivity contribution is 7.11. The molecule has 0 spiro atoms. The predicted octanol–water partition coefficient (Wildman–Crippen LogP) is 6.23. The molecule has 3 aromatic rings. The number of carbonyl (C=O) groups excluding carboxylic acids is 2. The van der Waals surface area contributed by atoms with Gasteiger partial charge in [0, 0.05) is 16.6 Å². The maximum atomic E-state index is 13.5. The number of rotatable bonds is 7. The van der Waals surface area contributed by atoms with Crippen LogP contribution in [0.4, 0.5) is 11.4 Å². The van der Waals surface area contributed by atoms with Crippen LogP contribution in [0.15, 0.2) is 71.7 Å². The van der Waals surface area contributed by atoms with E-state index >= 15 is 0 Å². The average Bonchev–Trinajstić information content (AvgIpc) is 3.39. The number of imide groups is 1. The molecule has 1 aliphatic rings. The van der Waals surface area contributed by atoms with Crippen molar-refractivity contribution in [1.29, 1.82) is 0 Å². The molecular weight excluding hydrogens is 432 g/mol. The van der Waals surface area contributed by atoms with E-state index in [4.69, 9.17) is 4.74 Å². The van der Waals surface area contributed by atoms with Crippen LogP contribution in [0.1, 0.15) is 44.6 Å². The highest BCUT2D eigenvalue weighted by Crippen LogP contribution is 2.36. The molecule has 1 aromatic heterocycles. The van der Waals surface area contributed by atoms with Gasteiger partial charge in [-0.3, -0.25) is 9.59 Å². The third-order valence-corrected chi connectivity index (χ3v) is 6.31. The van der Waals surface area contributed by atoms with E-state index in [-0.39, 0.29) is 22.9 Å². The number of carbonyl (C=O) groups is 2.